The van der Waals surface area contributed by atoms with Crippen molar-refractivity contribution in [3.8, 4) is 11.5 Å². The molecule has 4 heteroatoms. The molecule has 1 unspecified atom stereocenters. The summed E-state index contributed by atoms with van der Waals surface area (Å²) in [6, 6.07) is 11.6. The molecule has 26 heavy (non-hydrogen) atoms. The van der Waals surface area contributed by atoms with E-state index in [1.165, 1.54) is 0 Å². The van der Waals surface area contributed by atoms with Gasteiger partial charge in [-0.15, -0.1) is 6.58 Å². The highest BCUT2D eigenvalue weighted by Gasteiger charge is 2.09. The summed E-state index contributed by atoms with van der Waals surface area (Å²) in [5.74, 6) is 1.50. The predicted molar refractivity (Wildman–Crippen MR) is 109 cm³/mol. The van der Waals surface area contributed by atoms with Crippen LogP contribution in [0.5, 0.6) is 11.5 Å². The Morgan fingerprint density at radius 2 is 2.00 bits per heavy atom. The van der Waals surface area contributed by atoms with Crippen molar-refractivity contribution >= 4 is 12.0 Å². The predicted octanol–water partition coefficient (Wildman–Crippen LogP) is 5.32. The molecule has 2 aromatic rings. The lowest BCUT2D eigenvalue weighted by atomic mass is 10.1. The molecular weight excluding hydrogens is 324 g/mol. The Morgan fingerprint density at radius 1 is 1.23 bits per heavy atom. The van der Waals surface area contributed by atoms with E-state index in [1.807, 2.05) is 68.5 Å². The Morgan fingerprint density at radius 3 is 2.69 bits per heavy atom. The van der Waals surface area contributed by atoms with E-state index in [9.17, 15) is 5.11 Å². The van der Waals surface area contributed by atoms with Gasteiger partial charge in [-0.2, -0.15) is 0 Å². The van der Waals surface area contributed by atoms with Gasteiger partial charge in [0.15, 0.2) is 0 Å². The summed E-state index contributed by atoms with van der Waals surface area (Å²) in [6.45, 7) is 10.7. The Balaban J connectivity index is 2.22. The molecule has 0 aliphatic rings. The van der Waals surface area contributed by atoms with Gasteiger partial charge >= 0.3 is 0 Å². The topological polar surface area (TPSA) is 45.1 Å². The number of aliphatic hydroxyl groups is 1. The molecule has 0 saturated carbocycles. The molecule has 2 rings (SSSR count). The second-order valence-electron chi connectivity index (χ2n) is 6.44. The zero-order valence-corrected chi connectivity index (χ0v) is 16.1. The molecule has 0 amide bonds. The molecule has 0 radical (unpaired) electrons. The first-order valence-electron chi connectivity index (χ1n) is 8.87. The van der Waals surface area contributed by atoms with Crippen LogP contribution in [0.2, 0.25) is 0 Å². The van der Waals surface area contributed by atoms with Crippen LogP contribution in [-0.4, -0.2) is 29.9 Å². The summed E-state index contributed by atoms with van der Waals surface area (Å²) >= 11 is 0. The van der Waals surface area contributed by atoms with Crippen molar-refractivity contribution in [3.63, 3.8) is 0 Å². The van der Waals surface area contributed by atoms with Crippen molar-refractivity contribution in [2.45, 2.75) is 33.3 Å². The highest BCUT2D eigenvalue weighted by atomic mass is 16.5. The van der Waals surface area contributed by atoms with Crippen molar-refractivity contribution in [1.82, 2.24) is 4.90 Å². The Labute approximate surface area is 156 Å². The van der Waals surface area contributed by atoms with Gasteiger partial charge in [0.25, 0.3) is 0 Å². The standard InChI is InChI=1S/C22H28N2O2/c1-6-9-21(25)18-10-8-11-19(14-18)26-22-13-16(3)20(12-17(22)4)23-15-24(5)7-2/h6,8,10-15,21,25H,1,7,9H2,2-5H3/b23-15+. The van der Waals surface area contributed by atoms with E-state index >= 15 is 0 Å². The van der Waals surface area contributed by atoms with Crippen molar-refractivity contribution in [1.29, 1.82) is 0 Å². The molecule has 0 aromatic heterocycles. The van der Waals surface area contributed by atoms with Gasteiger partial charge in [-0.3, -0.25) is 0 Å². The van der Waals surface area contributed by atoms with E-state index in [2.05, 4.69) is 18.5 Å². The SMILES string of the molecule is C=CCC(O)c1cccc(Oc2cc(C)c(/N=C/N(C)CC)cc2C)c1. The molecule has 138 valence electrons. The van der Waals surface area contributed by atoms with Crippen LogP contribution >= 0.6 is 0 Å². The maximum atomic E-state index is 10.1. The number of hydrogen-bond acceptors (Lipinski definition) is 3. The van der Waals surface area contributed by atoms with Crippen LogP contribution in [0.15, 0.2) is 54.0 Å². The largest absolute Gasteiger partial charge is 0.457 e. The number of rotatable bonds is 8. The summed E-state index contributed by atoms with van der Waals surface area (Å²) in [5.41, 5.74) is 3.82. The molecule has 0 aliphatic carbocycles. The molecule has 0 saturated heterocycles. The molecular formula is C22H28N2O2. The zero-order valence-electron chi connectivity index (χ0n) is 16.1. The molecule has 0 spiro atoms. The highest BCUT2D eigenvalue weighted by molar-refractivity contribution is 5.64. The van der Waals surface area contributed by atoms with Gasteiger partial charge in [-0.05, 0) is 68.1 Å². The fourth-order valence-corrected chi connectivity index (χ4v) is 2.47. The van der Waals surface area contributed by atoms with E-state index in [4.69, 9.17) is 4.74 Å². The molecule has 1 N–H and O–H groups in total. The molecule has 1 atom stereocenters. The van der Waals surface area contributed by atoms with Crippen molar-refractivity contribution in [2.24, 2.45) is 4.99 Å². The van der Waals surface area contributed by atoms with Gasteiger partial charge in [0.2, 0.25) is 0 Å². The van der Waals surface area contributed by atoms with Gasteiger partial charge in [0.1, 0.15) is 11.5 Å². The van der Waals surface area contributed by atoms with Crippen LogP contribution in [0.3, 0.4) is 0 Å². The van der Waals surface area contributed by atoms with E-state index in [0.29, 0.717) is 12.2 Å². The summed E-state index contributed by atoms with van der Waals surface area (Å²) in [6.07, 6.45) is 3.50. The van der Waals surface area contributed by atoms with Crippen LogP contribution in [0.25, 0.3) is 0 Å². The average Bonchev–Trinajstić information content (AvgIpc) is 2.63. The number of ether oxygens (including phenoxy) is 1. The van der Waals surface area contributed by atoms with Crippen molar-refractivity contribution < 1.29 is 9.84 Å². The first kappa shape index (κ1) is 19.7. The van der Waals surface area contributed by atoms with Crippen molar-refractivity contribution in [2.75, 3.05) is 13.6 Å². The first-order chi connectivity index (χ1) is 12.4. The number of aliphatic hydroxyl groups excluding tert-OH is 1. The third-order valence-electron chi connectivity index (χ3n) is 4.25. The average molecular weight is 352 g/mol. The van der Waals surface area contributed by atoms with Crippen LogP contribution in [-0.2, 0) is 0 Å². The monoisotopic (exact) mass is 352 g/mol. The maximum Gasteiger partial charge on any atom is 0.130 e. The van der Waals surface area contributed by atoms with E-state index in [-0.39, 0.29) is 0 Å². The van der Waals surface area contributed by atoms with Gasteiger partial charge < -0.3 is 14.7 Å². The fraction of sp³-hybridized carbons (Fsp3) is 0.318. The normalized spacial score (nSPS) is 12.2. The summed E-state index contributed by atoms with van der Waals surface area (Å²) in [5, 5.41) is 10.1. The molecule has 0 fully saturated rings. The molecule has 0 heterocycles. The molecule has 2 aromatic carbocycles. The summed E-state index contributed by atoms with van der Waals surface area (Å²) in [4.78, 5) is 6.57. The lowest BCUT2D eigenvalue weighted by Gasteiger charge is -2.14. The summed E-state index contributed by atoms with van der Waals surface area (Å²) < 4.78 is 6.06. The highest BCUT2D eigenvalue weighted by Crippen LogP contribution is 2.32. The number of hydrogen-bond donors (Lipinski definition) is 1. The lowest BCUT2D eigenvalue weighted by Crippen LogP contribution is -2.14. The third kappa shape index (κ3) is 5.20. The zero-order chi connectivity index (χ0) is 19.1. The third-order valence-corrected chi connectivity index (χ3v) is 4.25. The van der Waals surface area contributed by atoms with E-state index in [1.54, 1.807) is 6.08 Å². The number of nitrogens with zero attached hydrogens (tertiary/aromatic N) is 2. The number of aryl methyl sites for hydroxylation is 2. The minimum Gasteiger partial charge on any atom is -0.457 e. The van der Waals surface area contributed by atoms with Gasteiger partial charge in [0, 0.05) is 13.6 Å². The fourth-order valence-electron chi connectivity index (χ4n) is 2.47. The molecule has 0 aliphatic heterocycles. The minimum absolute atomic E-state index is 0.514. The van der Waals surface area contributed by atoms with Crippen LogP contribution in [0.4, 0.5) is 5.69 Å². The second-order valence-corrected chi connectivity index (χ2v) is 6.44. The van der Waals surface area contributed by atoms with Crippen molar-refractivity contribution in [3.05, 3.63) is 65.7 Å². The molecule has 4 nitrogen and oxygen atoms in total. The maximum absolute atomic E-state index is 10.1. The minimum atomic E-state index is -0.564. The van der Waals surface area contributed by atoms with Crippen LogP contribution < -0.4 is 4.74 Å². The lowest BCUT2D eigenvalue weighted by molar-refractivity contribution is 0.181. The van der Waals surface area contributed by atoms with E-state index in [0.717, 1.165) is 34.7 Å². The smallest absolute Gasteiger partial charge is 0.130 e. The summed E-state index contributed by atoms with van der Waals surface area (Å²) in [7, 11) is 2.00. The first-order valence-corrected chi connectivity index (χ1v) is 8.87. The molecule has 0 bridgehead atoms. The quantitative estimate of drug-likeness (QED) is 0.397. The second kappa shape index (κ2) is 9.20. The Bertz CT molecular complexity index is 784. The Hall–Kier alpha value is -2.59. The van der Waals surface area contributed by atoms with Gasteiger partial charge in [-0.1, -0.05) is 18.2 Å². The van der Waals surface area contributed by atoms with Gasteiger partial charge in [-0.25, -0.2) is 4.99 Å². The van der Waals surface area contributed by atoms with Gasteiger partial charge in [0.05, 0.1) is 18.1 Å². The number of aliphatic imine (C=N–C) groups is 1. The van der Waals surface area contributed by atoms with Crippen LogP contribution in [0, 0.1) is 13.8 Å². The Kier molecular flexibility index (Phi) is 6.98. The number of benzene rings is 2. The van der Waals surface area contributed by atoms with E-state index < -0.39 is 6.10 Å². The van der Waals surface area contributed by atoms with Crippen LogP contribution in [0.1, 0.15) is 36.1 Å².